The van der Waals surface area contributed by atoms with Gasteiger partial charge in [0.15, 0.2) is 0 Å². The first-order valence-corrected chi connectivity index (χ1v) is 6.58. The van der Waals surface area contributed by atoms with Gasteiger partial charge in [-0.15, -0.1) is 0 Å². The second-order valence-corrected chi connectivity index (χ2v) is 4.75. The molecule has 5 nitrogen and oxygen atoms in total. The Labute approximate surface area is 113 Å². The summed E-state index contributed by atoms with van der Waals surface area (Å²) in [5.74, 6) is -0.140. The van der Waals surface area contributed by atoms with Gasteiger partial charge in [0.25, 0.3) is 0 Å². The summed E-state index contributed by atoms with van der Waals surface area (Å²) < 4.78 is 4.65. The highest BCUT2D eigenvalue weighted by Gasteiger charge is 2.17. The number of piperazine rings is 1. The van der Waals surface area contributed by atoms with Crippen LogP contribution >= 0.6 is 0 Å². The summed E-state index contributed by atoms with van der Waals surface area (Å²) in [6.45, 7) is 4.63. The fourth-order valence-corrected chi connectivity index (χ4v) is 2.30. The predicted molar refractivity (Wildman–Crippen MR) is 76.1 cm³/mol. The van der Waals surface area contributed by atoms with Gasteiger partial charge in [-0.2, -0.15) is 0 Å². The topological polar surface area (TPSA) is 58.8 Å². The van der Waals surface area contributed by atoms with Crippen LogP contribution in [0.25, 0.3) is 0 Å². The van der Waals surface area contributed by atoms with Gasteiger partial charge in [-0.05, 0) is 18.2 Å². The third-order valence-corrected chi connectivity index (χ3v) is 3.47. The molecule has 1 aromatic rings. The number of carbonyl (C=O) groups is 1. The Kier molecular flexibility index (Phi) is 4.63. The second kappa shape index (κ2) is 6.43. The molecule has 0 aromatic heterocycles. The standard InChI is InChI=1S/C14H21N3O2/c1-19-14(18)5-6-16-7-9-17(10-8-16)13-4-2-3-12(15)11-13/h2-4,11H,5-10,15H2,1H3. The van der Waals surface area contributed by atoms with E-state index in [2.05, 4.69) is 20.6 Å². The van der Waals surface area contributed by atoms with Crippen molar-refractivity contribution in [1.82, 2.24) is 4.90 Å². The van der Waals surface area contributed by atoms with E-state index in [1.54, 1.807) is 0 Å². The van der Waals surface area contributed by atoms with E-state index in [4.69, 9.17) is 5.73 Å². The van der Waals surface area contributed by atoms with Crippen molar-refractivity contribution in [3.8, 4) is 0 Å². The van der Waals surface area contributed by atoms with Crippen LogP contribution in [0.3, 0.4) is 0 Å². The van der Waals surface area contributed by atoms with Crippen molar-refractivity contribution in [2.75, 3.05) is 50.5 Å². The highest BCUT2D eigenvalue weighted by molar-refractivity contribution is 5.69. The lowest BCUT2D eigenvalue weighted by molar-refractivity contribution is -0.141. The van der Waals surface area contributed by atoms with Gasteiger partial charge < -0.3 is 15.4 Å². The number of methoxy groups -OCH3 is 1. The van der Waals surface area contributed by atoms with Crippen molar-refractivity contribution in [2.24, 2.45) is 0 Å². The highest BCUT2D eigenvalue weighted by atomic mass is 16.5. The molecule has 19 heavy (non-hydrogen) atoms. The smallest absolute Gasteiger partial charge is 0.306 e. The number of nitrogen functional groups attached to an aromatic ring is 1. The van der Waals surface area contributed by atoms with Crippen LogP contribution in [0.4, 0.5) is 11.4 Å². The number of hydrogen-bond donors (Lipinski definition) is 1. The average molecular weight is 263 g/mol. The molecule has 0 saturated carbocycles. The third kappa shape index (κ3) is 3.86. The van der Waals surface area contributed by atoms with Crippen molar-refractivity contribution in [3.05, 3.63) is 24.3 Å². The van der Waals surface area contributed by atoms with Crippen molar-refractivity contribution < 1.29 is 9.53 Å². The van der Waals surface area contributed by atoms with E-state index in [9.17, 15) is 4.79 Å². The van der Waals surface area contributed by atoms with E-state index in [0.717, 1.165) is 38.4 Å². The minimum atomic E-state index is -0.140. The van der Waals surface area contributed by atoms with Gasteiger partial charge in [0.2, 0.25) is 0 Å². The molecule has 2 N–H and O–H groups in total. The van der Waals surface area contributed by atoms with Crippen LogP contribution in [0.2, 0.25) is 0 Å². The highest BCUT2D eigenvalue weighted by Crippen LogP contribution is 2.19. The fourth-order valence-electron chi connectivity index (χ4n) is 2.30. The van der Waals surface area contributed by atoms with Crippen molar-refractivity contribution in [1.29, 1.82) is 0 Å². The maximum atomic E-state index is 11.1. The van der Waals surface area contributed by atoms with Gasteiger partial charge in [0, 0.05) is 44.1 Å². The Hall–Kier alpha value is -1.75. The van der Waals surface area contributed by atoms with Crippen molar-refractivity contribution in [2.45, 2.75) is 6.42 Å². The Bertz CT molecular complexity index is 428. The molecule has 0 amide bonds. The van der Waals surface area contributed by atoms with Crippen molar-refractivity contribution >= 4 is 17.3 Å². The summed E-state index contributed by atoms with van der Waals surface area (Å²) in [5, 5.41) is 0. The molecule has 1 saturated heterocycles. The number of nitrogens with zero attached hydrogens (tertiary/aromatic N) is 2. The Morgan fingerprint density at radius 3 is 2.68 bits per heavy atom. The van der Waals surface area contributed by atoms with E-state index < -0.39 is 0 Å². The van der Waals surface area contributed by atoms with Crippen LogP contribution in [0, 0.1) is 0 Å². The number of esters is 1. The Morgan fingerprint density at radius 2 is 2.05 bits per heavy atom. The molecule has 0 radical (unpaired) electrons. The van der Waals surface area contributed by atoms with E-state index in [0.29, 0.717) is 6.42 Å². The second-order valence-electron chi connectivity index (χ2n) is 4.75. The van der Waals surface area contributed by atoms with Gasteiger partial charge in [0.05, 0.1) is 13.5 Å². The Morgan fingerprint density at radius 1 is 1.32 bits per heavy atom. The quantitative estimate of drug-likeness (QED) is 0.647. The van der Waals surface area contributed by atoms with Crippen LogP contribution in [-0.4, -0.2) is 50.7 Å². The maximum Gasteiger partial charge on any atom is 0.306 e. The molecule has 1 fully saturated rings. The molecule has 0 bridgehead atoms. The summed E-state index contributed by atoms with van der Waals surface area (Å²) in [4.78, 5) is 15.7. The number of hydrogen-bond acceptors (Lipinski definition) is 5. The molecule has 1 aromatic carbocycles. The van der Waals surface area contributed by atoms with Crippen molar-refractivity contribution in [3.63, 3.8) is 0 Å². The van der Waals surface area contributed by atoms with Gasteiger partial charge in [-0.1, -0.05) is 6.07 Å². The minimum Gasteiger partial charge on any atom is -0.469 e. The molecule has 1 aliphatic rings. The largest absolute Gasteiger partial charge is 0.469 e. The number of ether oxygens (including phenoxy) is 1. The maximum absolute atomic E-state index is 11.1. The first kappa shape index (κ1) is 13.7. The van der Waals surface area contributed by atoms with E-state index in [-0.39, 0.29) is 5.97 Å². The van der Waals surface area contributed by atoms with E-state index >= 15 is 0 Å². The van der Waals surface area contributed by atoms with Crippen LogP contribution in [0.15, 0.2) is 24.3 Å². The zero-order valence-corrected chi connectivity index (χ0v) is 11.3. The normalized spacial score (nSPS) is 16.4. The van der Waals surface area contributed by atoms with E-state index in [1.165, 1.54) is 12.8 Å². The Balaban J connectivity index is 1.81. The van der Waals surface area contributed by atoms with E-state index in [1.807, 2.05) is 18.2 Å². The number of nitrogens with two attached hydrogens (primary N) is 1. The van der Waals surface area contributed by atoms with Gasteiger partial charge in [-0.25, -0.2) is 0 Å². The molecule has 2 rings (SSSR count). The lowest BCUT2D eigenvalue weighted by Gasteiger charge is -2.36. The molecule has 1 aliphatic heterocycles. The molecule has 0 unspecified atom stereocenters. The van der Waals surface area contributed by atoms with Crippen LogP contribution in [0.5, 0.6) is 0 Å². The minimum absolute atomic E-state index is 0.140. The third-order valence-electron chi connectivity index (χ3n) is 3.47. The SMILES string of the molecule is COC(=O)CCN1CCN(c2cccc(N)c2)CC1. The average Bonchev–Trinajstić information content (AvgIpc) is 2.45. The van der Waals surface area contributed by atoms with Crippen LogP contribution < -0.4 is 10.6 Å². The fraction of sp³-hybridized carbons (Fsp3) is 0.500. The van der Waals surface area contributed by atoms with Gasteiger partial charge in [0.1, 0.15) is 0 Å². The summed E-state index contributed by atoms with van der Waals surface area (Å²) in [6.07, 6.45) is 0.467. The number of carbonyl (C=O) groups excluding carboxylic acids is 1. The lowest BCUT2D eigenvalue weighted by Crippen LogP contribution is -2.47. The summed E-state index contributed by atoms with van der Waals surface area (Å²) in [6, 6.07) is 7.97. The predicted octanol–water partition coefficient (Wildman–Crippen LogP) is 0.954. The first-order valence-electron chi connectivity index (χ1n) is 6.58. The van der Waals surface area contributed by atoms with Crippen LogP contribution in [0.1, 0.15) is 6.42 Å². The number of anilines is 2. The van der Waals surface area contributed by atoms with Gasteiger partial charge >= 0.3 is 5.97 Å². The zero-order valence-electron chi connectivity index (χ0n) is 11.3. The van der Waals surface area contributed by atoms with Crippen LogP contribution in [-0.2, 0) is 9.53 Å². The summed E-state index contributed by atoms with van der Waals surface area (Å²) in [5.41, 5.74) is 7.77. The lowest BCUT2D eigenvalue weighted by atomic mass is 10.2. The van der Waals surface area contributed by atoms with Gasteiger partial charge in [-0.3, -0.25) is 9.69 Å². The molecule has 0 atom stereocenters. The summed E-state index contributed by atoms with van der Waals surface area (Å²) >= 11 is 0. The number of benzene rings is 1. The monoisotopic (exact) mass is 263 g/mol. The molecular formula is C14H21N3O2. The zero-order chi connectivity index (χ0) is 13.7. The molecule has 0 spiro atoms. The molecule has 1 heterocycles. The summed E-state index contributed by atoms with van der Waals surface area (Å²) in [7, 11) is 1.43. The first-order chi connectivity index (χ1) is 9.19. The molecule has 5 heteroatoms. The molecule has 0 aliphatic carbocycles. The number of rotatable bonds is 4. The molecular weight excluding hydrogens is 242 g/mol. The molecule has 104 valence electrons.